The number of halogens is 6. The lowest BCUT2D eigenvalue weighted by molar-refractivity contribution is -0.145. The van der Waals surface area contributed by atoms with E-state index in [0.717, 1.165) is 12.0 Å². The summed E-state index contributed by atoms with van der Waals surface area (Å²) in [4.78, 5) is 37.4. The van der Waals surface area contributed by atoms with Crippen LogP contribution in [0, 0.1) is 12.8 Å². The Kier molecular flexibility index (Phi) is 8.44. The van der Waals surface area contributed by atoms with Gasteiger partial charge in [0.05, 0.1) is 48.1 Å². The van der Waals surface area contributed by atoms with Crippen LogP contribution in [-0.2, 0) is 28.4 Å². The number of anilines is 1. The fourth-order valence-electron chi connectivity index (χ4n) is 6.47. The van der Waals surface area contributed by atoms with E-state index >= 15 is 0 Å². The van der Waals surface area contributed by atoms with E-state index in [1.54, 1.807) is 13.0 Å². The van der Waals surface area contributed by atoms with E-state index in [2.05, 4.69) is 0 Å². The number of hydrogen-bond donors (Lipinski definition) is 1. The van der Waals surface area contributed by atoms with Crippen molar-refractivity contribution in [3.8, 4) is 16.9 Å². The minimum atomic E-state index is -5.07. The third-order valence-electron chi connectivity index (χ3n) is 9.39. The Bertz CT molecular complexity index is 1720. The van der Waals surface area contributed by atoms with Gasteiger partial charge in [-0.25, -0.2) is 14.8 Å². The second-order valence-electron chi connectivity index (χ2n) is 12.4. The molecule has 6 rings (SSSR count). The Morgan fingerprint density at radius 1 is 1.00 bits per heavy atom. The minimum absolute atomic E-state index is 0.00387. The van der Waals surface area contributed by atoms with Gasteiger partial charge in [-0.3, -0.25) is 9.69 Å². The molecular weight excluding hydrogens is 646 g/mol. The van der Waals surface area contributed by atoms with Crippen molar-refractivity contribution in [2.45, 2.75) is 70.1 Å². The quantitative estimate of drug-likeness (QED) is 0.247. The molecule has 1 amide bonds. The number of amides is 1. The predicted octanol–water partition coefficient (Wildman–Crippen LogP) is 7.37. The highest BCUT2D eigenvalue weighted by Crippen LogP contribution is 2.46. The van der Waals surface area contributed by atoms with E-state index < -0.39 is 59.2 Å². The van der Waals surface area contributed by atoms with E-state index in [-0.39, 0.29) is 18.5 Å². The first-order valence-electron chi connectivity index (χ1n) is 15.3. The number of nitrogens with zero attached hydrogens (tertiary/aromatic N) is 4. The van der Waals surface area contributed by atoms with E-state index in [1.807, 2.05) is 17.0 Å². The SMILES string of the molecule is COc1ccc(C2CC(C(=O)O)C2)cc1-c1c(C)nc(N2CCC2)nc1CN1C(=O)O[C@H](c2cc(C(F)(F)F)cc(C(F)(F)F)c2)[C@@H]1C. The molecule has 2 aliphatic heterocycles. The molecule has 48 heavy (non-hydrogen) atoms. The van der Waals surface area contributed by atoms with E-state index in [4.69, 9.17) is 19.4 Å². The number of ether oxygens (including phenoxy) is 2. The average Bonchev–Trinajstić information content (AvgIpc) is 3.22. The fraction of sp³-hybridized carbons (Fsp3) is 0.455. The van der Waals surface area contributed by atoms with Crippen LogP contribution in [0.4, 0.5) is 37.1 Å². The summed E-state index contributed by atoms with van der Waals surface area (Å²) >= 11 is 0. The molecule has 0 radical (unpaired) electrons. The van der Waals surface area contributed by atoms with Gasteiger partial charge in [-0.1, -0.05) is 6.07 Å². The monoisotopic (exact) mass is 678 g/mol. The zero-order valence-corrected chi connectivity index (χ0v) is 26.2. The third kappa shape index (κ3) is 6.21. The van der Waals surface area contributed by atoms with Crippen LogP contribution in [0.15, 0.2) is 36.4 Å². The van der Waals surface area contributed by atoms with Crippen LogP contribution in [0.3, 0.4) is 0 Å². The molecule has 1 N–H and O–H groups in total. The Balaban J connectivity index is 1.39. The molecule has 3 aliphatic rings. The van der Waals surface area contributed by atoms with Gasteiger partial charge in [0.15, 0.2) is 0 Å². The van der Waals surface area contributed by atoms with Crippen molar-refractivity contribution in [3.63, 3.8) is 0 Å². The molecule has 3 heterocycles. The lowest BCUT2D eigenvalue weighted by Crippen LogP contribution is -2.39. The molecule has 2 aromatic carbocycles. The zero-order valence-electron chi connectivity index (χ0n) is 26.2. The number of alkyl halides is 6. The van der Waals surface area contributed by atoms with Crippen LogP contribution in [0.2, 0.25) is 0 Å². The molecule has 0 spiro atoms. The van der Waals surface area contributed by atoms with Gasteiger partial charge >= 0.3 is 24.4 Å². The summed E-state index contributed by atoms with van der Waals surface area (Å²) in [6.07, 6.45) is -10.6. The number of aryl methyl sites for hydroxylation is 1. The van der Waals surface area contributed by atoms with Gasteiger partial charge in [-0.15, -0.1) is 0 Å². The van der Waals surface area contributed by atoms with E-state index in [0.29, 0.717) is 72.3 Å². The molecule has 2 atom stereocenters. The number of carboxylic acids is 1. The van der Waals surface area contributed by atoms with Crippen LogP contribution >= 0.6 is 0 Å². The molecule has 3 aromatic rings. The van der Waals surface area contributed by atoms with E-state index in [1.165, 1.54) is 18.9 Å². The highest BCUT2D eigenvalue weighted by molar-refractivity contribution is 5.78. The van der Waals surface area contributed by atoms with Crippen molar-refractivity contribution in [2.75, 3.05) is 25.1 Å². The topological polar surface area (TPSA) is 105 Å². The first-order valence-corrected chi connectivity index (χ1v) is 15.3. The number of aliphatic carboxylic acids is 1. The number of hydrogen-bond acceptors (Lipinski definition) is 7. The van der Waals surface area contributed by atoms with Crippen LogP contribution in [-0.4, -0.2) is 58.3 Å². The summed E-state index contributed by atoms with van der Waals surface area (Å²) in [7, 11) is 1.49. The number of cyclic esters (lactones) is 1. The summed E-state index contributed by atoms with van der Waals surface area (Å²) in [5.41, 5.74) is -0.491. The van der Waals surface area contributed by atoms with Crippen molar-refractivity contribution in [1.82, 2.24) is 14.9 Å². The predicted molar refractivity (Wildman–Crippen MR) is 159 cm³/mol. The highest BCUT2D eigenvalue weighted by atomic mass is 19.4. The van der Waals surface area contributed by atoms with Gasteiger partial charge < -0.3 is 19.5 Å². The van der Waals surface area contributed by atoms with E-state index in [9.17, 15) is 41.0 Å². The summed E-state index contributed by atoms with van der Waals surface area (Å²) in [6, 6.07) is 5.71. The number of aromatic nitrogens is 2. The number of benzene rings is 2. The molecule has 1 aromatic heterocycles. The average molecular weight is 679 g/mol. The maximum Gasteiger partial charge on any atom is 0.416 e. The molecule has 1 aliphatic carbocycles. The highest BCUT2D eigenvalue weighted by Gasteiger charge is 2.44. The maximum atomic E-state index is 13.6. The van der Waals surface area contributed by atoms with Crippen LogP contribution < -0.4 is 9.64 Å². The Morgan fingerprint density at radius 3 is 2.19 bits per heavy atom. The smallest absolute Gasteiger partial charge is 0.416 e. The summed E-state index contributed by atoms with van der Waals surface area (Å²) in [5.74, 6) is -0.393. The van der Waals surface area contributed by atoms with Crippen molar-refractivity contribution in [3.05, 3.63) is 70.0 Å². The Hall–Kier alpha value is -4.56. The van der Waals surface area contributed by atoms with Crippen molar-refractivity contribution in [1.29, 1.82) is 0 Å². The molecule has 0 unspecified atom stereocenters. The van der Waals surface area contributed by atoms with Crippen molar-refractivity contribution in [2.24, 2.45) is 5.92 Å². The first-order chi connectivity index (χ1) is 22.5. The van der Waals surface area contributed by atoms with Crippen molar-refractivity contribution < 1.29 is 50.5 Å². The van der Waals surface area contributed by atoms with Crippen LogP contribution in [0.1, 0.15) is 71.8 Å². The van der Waals surface area contributed by atoms with Crippen molar-refractivity contribution >= 4 is 18.0 Å². The second-order valence-corrected chi connectivity index (χ2v) is 12.4. The van der Waals surface area contributed by atoms with Crippen LogP contribution in [0.25, 0.3) is 11.1 Å². The van der Waals surface area contributed by atoms with Gasteiger partial charge in [0.1, 0.15) is 11.9 Å². The van der Waals surface area contributed by atoms with Gasteiger partial charge in [0, 0.05) is 24.2 Å². The van der Waals surface area contributed by atoms with Gasteiger partial charge in [0.25, 0.3) is 0 Å². The molecular formula is C33H32F6N4O5. The molecule has 15 heteroatoms. The molecule has 0 bridgehead atoms. The second kappa shape index (κ2) is 12.2. The Morgan fingerprint density at radius 2 is 1.65 bits per heavy atom. The standard InChI is InChI=1S/C33H32F6N4O5/c1-16-27(24-13-18(5-6-26(24)47-3)19-9-21(10-19)29(44)45)25(41-30(40-16)42-7-4-8-42)15-43-17(2)28(48-31(43)46)20-11-22(32(34,35)36)14-23(12-20)33(37,38)39/h5-6,11-14,17,19,21,28H,4,7-10,15H2,1-3H3,(H,44,45)/t17-,19?,21?,28-/m0/s1. The number of carbonyl (C=O) groups excluding carboxylic acids is 1. The molecule has 1 saturated carbocycles. The molecule has 3 fully saturated rings. The third-order valence-corrected chi connectivity index (χ3v) is 9.39. The normalized spacial score (nSPS) is 22.6. The molecule has 2 saturated heterocycles. The minimum Gasteiger partial charge on any atom is -0.496 e. The number of rotatable bonds is 8. The Labute approximate surface area is 271 Å². The fourth-order valence-corrected chi connectivity index (χ4v) is 6.47. The summed E-state index contributed by atoms with van der Waals surface area (Å²) < 4.78 is 92.9. The van der Waals surface area contributed by atoms with Gasteiger partial charge in [-0.2, -0.15) is 26.3 Å². The number of carboxylic acid groups (broad SMARTS) is 1. The first kappa shape index (κ1) is 33.3. The van der Waals surface area contributed by atoms with Gasteiger partial charge in [0.2, 0.25) is 5.95 Å². The van der Waals surface area contributed by atoms with Crippen LogP contribution in [0.5, 0.6) is 5.75 Å². The zero-order chi connectivity index (χ0) is 34.7. The number of methoxy groups -OCH3 is 1. The van der Waals surface area contributed by atoms with Gasteiger partial charge in [-0.05, 0) is 80.5 Å². The number of carbonyl (C=O) groups is 2. The lowest BCUT2D eigenvalue weighted by Gasteiger charge is -2.33. The molecule has 256 valence electrons. The lowest BCUT2D eigenvalue weighted by atomic mass is 9.71. The molecule has 9 nitrogen and oxygen atoms in total. The maximum absolute atomic E-state index is 13.6. The summed E-state index contributed by atoms with van der Waals surface area (Å²) in [5, 5.41) is 9.37. The largest absolute Gasteiger partial charge is 0.496 e. The summed E-state index contributed by atoms with van der Waals surface area (Å²) in [6.45, 7) is 4.49.